The lowest BCUT2D eigenvalue weighted by Crippen LogP contribution is -2.24. The van der Waals surface area contributed by atoms with Crippen molar-refractivity contribution in [1.29, 1.82) is 0 Å². The number of aromatic nitrogens is 4. The van der Waals surface area contributed by atoms with Crippen molar-refractivity contribution in [1.82, 2.24) is 20.2 Å². The molecule has 0 saturated carbocycles. The predicted molar refractivity (Wildman–Crippen MR) is 56.0 cm³/mol. The second kappa shape index (κ2) is 3.90. The van der Waals surface area contributed by atoms with Crippen LogP contribution in [0.15, 0.2) is 12.2 Å². The molecule has 0 bridgehead atoms. The third-order valence-corrected chi connectivity index (χ3v) is 1.92. The first-order valence-corrected chi connectivity index (χ1v) is 4.88. The van der Waals surface area contributed by atoms with Gasteiger partial charge in [-0.1, -0.05) is 19.1 Å². The highest BCUT2D eigenvalue weighted by atomic mass is 15.6. The van der Waals surface area contributed by atoms with Gasteiger partial charge >= 0.3 is 0 Å². The quantitative estimate of drug-likeness (QED) is 0.677. The van der Waals surface area contributed by atoms with E-state index < -0.39 is 0 Å². The predicted octanol–water partition coefficient (Wildman–Crippen LogP) is 2.11. The molecular formula is C10H18N4. The minimum Gasteiger partial charge on any atom is -0.159 e. The number of tetrazole rings is 1. The molecule has 0 N–H and O–H groups in total. The van der Waals surface area contributed by atoms with Crippen LogP contribution in [0.1, 0.15) is 46.4 Å². The van der Waals surface area contributed by atoms with E-state index in [4.69, 9.17) is 0 Å². The zero-order chi connectivity index (χ0) is 10.8. The van der Waals surface area contributed by atoms with Crippen LogP contribution in [0.5, 0.6) is 0 Å². The van der Waals surface area contributed by atoms with Gasteiger partial charge in [0, 0.05) is 5.92 Å². The van der Waals surface area contributed by atoms with E-state index in [1.807, 2.05) is 13.0 Å². The van der Waals surface area contributed by atoms with E-state index in [1.165, 1.54) is 0 Å². The summed E-state index contributed by atoms with van der Waals surface area (Å²) in [6.45, 7) is 10.2. The van der Waals surface area contributed by atoms with E-state index in [-0.39, 0.29) is 11.5 Å². The van der Waals surface area contributed by atoms with Crippen LogP contribution in [-0.2, 0) is 5.54 Å². The van der Waals surface area contributed by atoms with Crippen LogP contribution in [0.4, 0.5) is 0 Å². The minimum absolute atomic E-state index is 0.0963. The highest BCUT2D eigenvalue weighted by molar-refractivity contribution is 5.01. The molecular weight excluding hydrogens is 176 g/mol. The maximum absolute atomic E-state index is 4.34. The molecule has 0 amide bonds. The van der Waals surface area contributed by atoms with E-state index in [9.17, 15) is 0 Å². The van der Waals surface area contributed by atoms with Gasteiger partial charge in [0.05, 0.1) is 5.54 Å². The number of rotatable bonds is 2. The molecule has 0 aliphatic heterocycles. The van der Waals surface area contributed by atoms with E-state index in [0.29, 0.717) is 0 Å². The average Bonchev–Trinajstić information content (AvgIpc) is 2.51. The van der Waals surface area contributed by atoms with Gasteiger partial charge in [0.25, 0.3) is 0 Å². The number of hydrogen-bond donors (Lipinski definition) is 0. The van der Waals surface area contributed by atoms with Crippen LogP contribution in [0.25, 0.3) is 0 Å². The van der Waals surface area contributed by atoms with Crippen molar-refractivity contribution in [2.24, 2.45) is 0 Å². The third kappa shape index (κ3) is 2.40. The lowest BCUT2D eigenvalue weighted by molar-refractivity contribution is 0.305. The maximum Gasteiger partial charge on any atom is 0.181 e. The molecule has 1 unspecified atom stereocenters. The van der Waals surface area contributed by atoms with Crippen LogP contribution in [0.2, 0.25) is 0 Å². The van der Waals surface area contributed by atoms with Crippen molar-refractivity contribution in [3.63, 3.8) is 0 Å². The highest BCUT2D eigenvalue weighted by Gasteiger charge is 2.18. The Balaban J connectivity index is 2.88. The summed E-state index contributed by atoms with van der Waals surface area (Å²) < 4.78 is 0. The van der Waals surface area contributed by atoms with E-state index in [1.54, 1.807) is 4.80 Å². The smallest absolute Gasteiger partial charge is 0.159 e. The summed E-state index contributed by atoms with van der Waals surface area (Å²) in [6, 6.07) is 0. The molecule has 4 nitrogen and oxygen atoms in total. The Labute approximate surface area is 85.0 Å². The lowest BCUT2D eigenvalue weighted by atomic mass is 10.1. The average molecular weight is 194 g/mol. The molecule has 0 radical (unpaired) electrons. The van der Waals surface area contributed by atoms with Crippen molar-refractivity contribution in [3.8, 4) is 0 Å². The molecule has 0 saturated heterocycles. The van der Waals surface area contributed by atoms with Crippen LogP contribution < -0.4 is 0 Å². The van der Waals surface area contributed by atoms with Gasteiger partial charge in [0.1, 0.15) is 0 Å². The fourth-order valence-corrected chi connectivity index (χ4v) is 1.07. The van der Waals surface area contributed by atoms with Crippen LogP contribution in [-0.4, -0.2) is 20.2 Å². The standard InChI is InChI=1S/C10H18N4/c1-6-7-8(2)9-11-13-14(12-9)10(3,4)5/h6-8H,1-5H3/b7-6-. The molecule has 1 atom stereocenters. The Bertz CT molecular complexity index is 319. The summed E-state index contributed by atoms with van der Waals surface area (Å²) >= 11 is 0. The fraction of sp³-hybridized carbons (Fsp3) is 0.700. The molecule has 14 heavy (non-hydrogen) atoms. The molecule has 1 aromatic heterocycles. The Morgan fingerprint density at radius 2 is 2.00 bits per heavy atom. The first-order valence-electron chi connectivity index (χ1n) is 4.88. The summed E-state index contributed by atoms with van der Waals surface area (Å²) in [5.41, 5.74) is -0.0963. The largest absolute Gasteiger partial charge is 0.181 e. The van der Waals surface area contributed by atoms with Gasteiger partial charge in [0.15, 0.2) is 5.82 Å². The number of allylic oxidation sites excluding steroid dienone is 2. The molecule has 78 valence electrons. The monoisotopic (exact) mass is 194 g/mol. The number of hydrogen-bond acceptors (Lipinski definition) is 3. The van der Waals surface area contributed by atoms with Gasteiger partial charge in [-0.25, -0.2) is 0 Å². The van der Waals surface area contributed by atoms with Crippen molar-refractivity contribution in [2.45, 2.75) is 46.1 Å². The topological polar surface area (TPSA) is 43.6 Å². The molecule has 0 aromatic carbocycles. The lowest BCUT2D eigenvalue weighted by Gasteiger charge is -2.15. The molecule has 0 aliphatic carbocycles. The molecule has 4 heteroatoms. The normalized spacial score (nSPS) is 14.9. The molecule has 0 fully saturated rings. The second-order valence-corrected chi connectivity index (χ2v) is 4.42. The van der Waals surface area contributed by atoms with Gasteiger partial charge in [-0.2, -0.15) is 4.80 Å². The van der Waals surface area contributed by atoms with Gasteiger partial charge in [-0.05, 0) is 32.9 Å². The van der Waals surface area contributed by atoms with Crippen LogP contribution in [0.3, 0.4) is 0 Å². The van der Waals surface area contributed by atoms with Crippen molar-refractivity contribution < 1.29 is 0 Å². The summed E-state index contributed by atoms with van der Waals surface area (Å²) in [5, 5.41) is 12.4. The second-order valence-electron chi connectivity index (χ2n) is 4.42. The Morgan fingerprint density at radius 3 is 2.43 bits per heavy atom. The molecule has 1 aromatic rings. The zero-order valence-electron chi connectivity index (χ0n) is 9.52. The fourth-order valence-electron chi connectivity index (χ4n) is 1.07. The molecule has 1 rings (SSSR count). The van der Waals surface area contributed by atoms with Crippen LogP contribution >= 0.6 is 0 Å². The summed E-state index contributed by atoms with van der Waals surface area (Å²) in [4.78, 5) is 1.66. The van der Waals surface area contributed by atoms with Gasteiger partial charge in [0.2, 0.25) is 0 Å². The number of nitrogens with zero attached hydrogens (tertiary/aromatic N) is 4. The Kier molecular flexibility index (Phi) is 3.03. The summed E-state index contributed by atoms with van der Waals surface area (Å²) in [7, 11) is 0. The van der Waals surface area contributed by atoms with Gasteiger partial charge in [-0.3, -0.25) is 0 Å². The van der Waals surface area contributed by atoms with E-state index in [0.717, 1.165) is 5.82 Å². The van der Waals surface area contributed by atoms with E-state index >= 15 is 0 Å². The van der Waals surface area contributed by atoms with Crippen molar-refractivity contribution >= 4 is 0 Å². The summed E-state index contributed by atoms with van der Waals surface area (Å²) in [5.74, 6) is 1.01. The molecule has 0 spiro atoms. The highest BCUT2D eigenvalue weighted by Crippen LogP contribution is 2.14. The minimum atomic E-state index is -0.0963. The summed E-state index contributed by atoms with van der Waals surface area (Å²) in [6.07, 6.45) is 4.06. The van der Waals surface area contributed by atoms with Crippen LogP contribution in [0, 0.1) is 0 Å². The van der Waals surface area contributed by atoms with E-state index in [2.05, 4.69) is 49.2 Å². The first-order chi connectivity index (χ1) is 6.45. The Hall–Kier alpha value is -1.19. The Morgan fingerprint density at radius 1 is 1.36 bits per heavy atom. The van der Waals surface area contributed by atoms with Crippen molar-refractivity contribution in [3.05, 3.63) is 18.0 Å². The maximum atomic E-state index is 4.34. The molecule has 0 aliphatic rings. The zero-order valence-corrected chi connectivity index (χ0v) is 9.52. The van der Waals surface area contributed by atoms with Gasteiger partial charge in [-0.15, -0.1) is 10.2 Å². The van der Waals surface area contributed by atoms with Crippen molar-refractivity contribution in [2.75, 3.05) is 0 Å². The van der Waals surface area contributed by atoms with Gasteiger partial charge < -0.3 is 0 Å². The SMILES string of the molecule is C/C=C\C(C)c1nnn(C(C)(C)C)n1. The third-order valence-electron chi connectivity index (χ3n) is 1.92. The molecule has 1 heterocycles. The first kappa shape index (κ1) is 10.9.